The van der Waals surface area contributed by atoms with Crippen LogP contribution in [0.15, 0.2) is 72.9 Å². The molecule has 1 aromatic heterocycles. The summed E-state index contributed by atoms with van der Waals surface area (Å²) in [6, 6.07) is 22.7. The van der Waals surface area contributed by atoms with Crippen LogP contribution in [0.1, 0.15) is 41.1 Å². The van der Waals surface area contributed by atoms with Gasteiger partial charge in [0, 0.05) is 23.6 Å². The summed E-state index contributed by atoms with van der Waals surface area (Å²) >= 11 is 0. The Labute approximate surface area is 200 Å². The number of aromatic amines is 1. The number of rotatable bonds is 9. The summed E-state index contributed by atoms with van der Waals surface area (Å²) in [5, 5.41) is 1.28. The van der Waals surface area contributed by atoms with Crippen LogP contribution in [-0.2, 0) is 24.2 Å². The van der Waals surface area contributed by atoms with E-state index in [-0.39, 0.29) is 6.04 Å². The minimum Gasteiger partial charge on any atom is -0.493 e. The summed E-state index contributed by atoms with van der Waals surface area (Å²) in [6.07, 6.45) is 6.78. The fourth-order valence-corrected chi connectivity index (χ4v) is 5.01. The van der Waals surface area contributed by atoms with Crippen molar-refractivity contribution in [3.8, 4) is 11.5 Å². The van der Waals surface area contributed by atoms with Crippen LogP contribution in [0.2, 0.25) is 0 Å². The van der Waals surface area contributed by atoms with Crippen LogP contribution in [-0.4, -0.2) is 29.9 Å². The van der Waals surface area contributed by atoms with E-state index in [4.69, 9.17) is 9.47 Å². The molecule has 3 aromatic carbocycles. The highest BCUT2D eigenvalue weighted by Crippen LogP contribution is 2.40. The van der Waals surface area contributed by atoms with Crippen LogP contribution < -0.4 is 9.47 Å². The first-order valence-electron chi connectivity index (χ1n) is 11.9. The molecule has 5 heteroatoms. The van der Waals surface area contributed by atoms with Gasteiger partial charge in [0.25, 0.3) is 0 Å². The zero-order chi connectivity index (χ0) is 23.3. The molecule has 1 aliphatic rings. The first-order chi connectivity index (χ1) is 16.8. The lowest BCUT2D eigenvalue weighted by Crippen LogP contribution is -2.34. The Morgan fingerprint density at radius 1 is 1.06 bits per heavy atom. The Bertz CT molecular complexity index is 1270. The van der Waals surface area contributed by atoms with Gasteiger partial charge < -0.3 is 19.4 Å². The summed E-state index contributed by atoms with van der Waals surface area (Å²) in [6.45, 7) is 1.19. The maximum absolute atomic E-state index is 11.9. The number of hydrogen-bond acceptors (Lipinski definition) is 3. The lowest BCUT2D eigenvalue weighted by atomic mass is 9.89. The highest BCUT2D eigenvalue weighted by Gasteiger charge is 2.28. The standard InChI is InChI=1S/C29H30N2O3/c1-33-28-16-22-14-15-31(20-32)27(13-7-10-23-18-30-26-12-6-5-11-24(23)26)25(22)17-29(28)34-19-21-8-3-2-4-9-21/h2-6,8-9,11-12,16-18,20,27,30H,7,10,13-15,19H2,1H3/t27-/m0/s1. The van der Waals surface area contributed by atoms with Crippen molar-refractivity contribution in [2.45, 2.75) is 38.3 Å². The van der Waals surface area contributed by atoms with E-state index in [9.17, 15) is 4.79 Å². The van der Waals surface area contributed by atoms with Crippen LogP contribution in [0.4, 0.5) is 0 Å². The number of carbonyl (C=O) groups is 1. The van der Waals surface area contributed by atoms with E-state index >= 15 is 0 Å². The molecule has 0 saturated heterocycles. The number of fused-ring (bicyclic) bond motifs is 2. The molecule has 0 bridgehead atoms. The normalized spacial score (nSPS) is 15.2. The van der Waals surface area contributed by atoms with Crippen molar-refractivity contribution < 1.29 is 14.3 Å². The van der Waals surface area contributed by atoms with E-state index in [1.807, 2.05) is 35.2 Å². The third-order valence-electron chi connectivity index (χ3n) is 6.80. The number of methoxy groups -OCH3 is 1. The van der Waals surface area contributed by atoms with E-state index in [1.54, 1.807) is 7.11 Å². The Morgan fingerprint density at radius 2 is 1.88 bits per heavy atom. The van der Waals surface area contributed by atoms with Crippen LogP contribution in [0.5, 0.6) is 11.5 Å². The van der Waals surface area contributed by atoms with Gasteiger partial charge in [-0.15, -0.1) is 0 Å². The van der Waals surface area contributed by atoms with Crippen LogP contribution >= 0.6 is 0 Å². The molecule has 0 spiro atoms. The quantitative estimate of drug-likeness (QED) is 0.324. The molecule has 0 radical (unpaired) electrons. The van der Waals surface area contributed by atoms with Crippen molar-refractivity contribution >= 4 is 17.3 Å². The summed E-state index contributed by atoms with van der Waals surface area (Å²) in [7, 11) is 1.68. The van der Waals surface area contributed by atoms with Gasteiger partial charge >= 0.3 is 0 Å². The third-order valence-corrected chi connectivity index (χ3v) is 6.80. The maximum atomic E-state index is 11.9. The molecule has 0 fully saturated rings. The lowest BCUT2D eigenvalue weighted by Gasteiger charge is -2.35. The largest absolute Gasteiger partial charge is 0.493 e. The fourth-order valence-electron chi connectivity index (χ4n) is 5.01. The molecule has 0 unspecified atom stereocenters. The topological polar surface area (TPSA) is 54.6 Å². The van der Waals surface area contributed by atoms with E-state index in [0.29, 0.717) is 6.61 Å². The Hall–Kier alpha value is -3.73. The van der Waals surface area contributed by atoms with E-state index < -0.39 is 0 Å². The molecule has 1 amide bonds. The Balaban J connectivity index is 1.36. The second-order valence-corrected chi connectivity index (χ2v) is 8.84. The number of nitrogens with zero attached hydrogens (tertiary/aromatic N) is 1. The van der Waals surface area contributed by atoms with Crippen LogP contribution in [0, 0.1) is 0 Å². The highest BCUT2D eigenvalue weighted by atomic mass is 16.5. The van der Waals surface area contributed by atoms with Crippen molar-refractivity contribution in [1.29, 1.82) is 0 Å². The summed E-state index contributed by atoms with van der Waals surface area (Å²) in [4.78, 5) is 17.2. The molecule has 5 rings (SSSR count). The highest BCUT2D eigenvalue weighted by molar-refractivity contribution is 5.83. The minimum atomic E-state index is 0.0384. The van der Waals surface area contributed by atoms with Gasteiger partial charge in [-0.3, -0.25) is 4.79 Å². The van der Waals surface area contributed by atoms with Gasteiger partial charge in [-0.2, -0.15) is 0 Å². The number of benzene rings is 3. The predicted octanol–water partition coefficient (Wildman–Crippen LogP) is 5.83. The SMILES string of the molecule is COc1cc2c(cc1OCc1ccccc1)[C@H](CCCc1c[nH]c3ccccc13)N(C=O)CC2. The van der Waals surface area contributed by atoms with Gasteiger partial charge in [-0.1, -0.05) is 48.5 Å². The summed E-state index contributed by atoms with van der Waals surface area (Å²) in [5.74, 6) is 1.46. The average Bonchev–Trinajstić information content (AvgIpc) is 3.30. The number of para-hydroxylation sites is 1. The number of ether oxygens (including phenoxy) is 2. The maximum Gasteiger partial charge on any atom is 0.210 e. The predicted molar refractivity (Wildman–Crippen MR) is 134 cm³/mol. The minimum absolute atomic E-state index is 0.0384. The second-order valence-electron chi connectivity index (χ2n) is 8.84. The molecule has 4 aromatic rings. The molecule has 2 heterocycles. The smallest absolute Gasteiger partial charge is 0.210 e. The number of H-pyrrole nitrogens is 1. The number of nitrogens with one attached hydrogen (secondary N) is 1. The molecular weight excluding hydrogens is 424 g/mol. The van der Waals surface area contributed by atoms with Crippen molar-refractivity contribution in [2.75, 3.05) is 13.7 Å². The van der Waals surface area contributed by atoms with Gasteiger partial charge in [0.2, 0.25) is 6.41 Å². The van der Waals surface area contributed by atoms with Crippen molar-refractivity contribution in [2.24, 2.45) is 0 Å². The molecule has 0 saturated carbocycles. The first-order valence-corrected chi connectivity index (χ1v) is 11.9. The van der Waals surface area contributed by atoms with Gasteiger partial charge in [0.15, 0.2) is 11.5 Å². The summed E-state index contributed by atoms with van der Waals surface area (Å²) < 4.78 is 11.8. The molecular formula is C29H30N2O3. The monoisotopic (exact) mass is 454 g/mol. The summed E-state index contributed by atoms with van der Waals surface area (Å²) in [5.41, 5.74) is 6.00. The van der Waals surface area contributed by atoms with Crippen LogP contribution in [0.25, 0.3) is 10.9 Å². The number of amides is 1. The number of carbonyl (C=O) groups excluding carboxylic acids is 1. The second kappa shape index (κ2) is 10.0. The fraction of sp³-hybridized carbons (Fsp3) is 0.276. The van der Waals surface area contributed by atoms with E-state index in [2.05, 4.69) is 47.6 Å². The molecule has 174 valence electrons. The van der Waals surface area contributed by atoms with Gasteiger partial charge in [0.1, 0.15) is 6.61 Å². The first kappa shape index (κ1) is 22.1. The zero-order valence-corrected chi connectivity index (χ0v) is 19.5. The molecule has 1 N–H and O–H groups in total. The average molecular weight is 455 g/mol. The molecule has 5 nitrogen and oxygen atoms in total. The van der Waals surface area contributed by atoms with Gasteiger partial charge in [-0.05, 0) is 66.1 Å². The molecule has 34 heavy (non-hydrogen) atoms. The van der Waals surface area contributed by atoms with Crippen LogP contribution in [0.3, 0.4) is 0 Å². The number of aromatic nitrogens is 1. The van der Waals surface area contributed by atoms with Crippen molar-refractivity contribution in [3.05, 3.63) is 95.2 Å². The zero-order valence-electron chi connectivity index (χ0n) is 19.5. The van der Waals surface area contributed by atoms with Gasteiger partial charge in [0.05, 0.1) is 13.2 Å². The van der Waals surface area contributed by atoms with E-state index in [0.717, 1.165) is 55.7 Å². The third kappa shape index (κ3) is 4.51. The number of aryl methyl sites for hydroxylation is 1. The Kier molecular flexibility index (Phi) is 6.52. The molecule has 1 aliphatic heterocycles. The van der Waals surface area contributed by atoms with E-state index in [1.165, 1.54) is 27.6 Å². The van der Waals surface area contributed by atoms with Crippen molar-refractivity contribution in [1.82, 2.24) is 9.88 Å². The lowest BCUT2D eigenvalue weighted by molar-refractivity contribution is -0.120. The molecule has 1 atom stereocenters. The molecule has 0 aliphatic carbocycles. The van der Waals surface area contributed by atoms with Crippen molar-refractivity contribution in [3.63, 3.8) is 0 Å². The van der Waals surface area contributed by atoms with Gasteiger partial charge in [-0.25, -0.2) is 0 Å². The number of hydrogen-bond donors (Lipinski definition) is 1. The Morgan fingerprint density at radius 3 is 2.71 bits per heavy atom.